The van der Waals surface area contributed by atoms with Crippen LogP contribution < -0.4 is 11.1 Å². The number of nitrogens with two attached hydrogens (primary N) is 1. The van der Waals surface area contributed by atoms with E-state index in [-0.39, 0.29) is 29.9 Å². The number of ether oxygens (including phenoxy) is 1. The van der Waals surface area contributed by atoms with Crippen molar-refractivity contribution in [1.82, 2.24) is 20.4 Å². The number of nitrogen functional groups attached to an aromatic ring is 1. The van der Waals surface area contributed by atoms with Crippen LogP contribution in [0, 0.1) is 0 Å². The van der Waals surface area contributed by atoms with Gasteiger partial charge in [0.2, 0.25) is 11.5 Å². The van der Waals surface area contributed by atoms with Crippen LogP contribution in [-0.2, 0) is 24.0 Å². The number of carboxylic acids is 1. The number of anilines is 1. The molecule has 0 unspecified atom stereocenters. The van der Waals surface area contributed by atoms with E-state index in [0.29, 0.717) is 17.9 Å². The maximum absolute atomic E-state index is 13.0. The number of amides is 2. The third-order valence-corrected chi connectivity index (χ3v) is 8.85. The molecule has 4 N–H and O–H groups in total. The summed E-state index contributed by atoms with van der Waals surface area (Å²) in [5, 5.41) is 19.0. The molecule has 1 fully saturated rings. The molecule has 43 heavy (non-hydrogen) atoms. The highest BCUT2D eigenvalue weighted by Crippen LogP contribution is 2.40. The fraction of sp³-hybridized carbons (Fsp3) is 0.724. The van der Waals surface area contributed by atoms with Crippen LogP contribution in [0.2, 0.25) is 0 Å². The van der Waals surface area contributed by atoms with Crippen LogP contribution in [0.15, 0.2) is 20.9 Å². The minimum absolute atomic E-state index is 0.0862. The number of aromatic nitrogens is 2. The summed E-state index contributed by atoms with van der Waals surface area (Å²) in [6.07, 6.45) is 17.9. The number of rotatable bonds is 22. The van der Waals surface area contributed by atoms with Gasteiger partial charge in [-0.2, -0.15) is 4.98 Å². The Balaban J connectivity index is 1.34. The lowest BCUT2D eigenvalue weighted by Gasteiger charge is -2.49. The number of β-lactam (4-membered cyclic amide) rings is 1. The fourth-order valence-corrected chi connectivity index (χ4v) is 6.53. The number of carbonyl (C=O) groups is 3. The summed E-state index contributed by atoms with van der Waals surface area (Å²) in [5.41, 5.74) is 5.54. The Morgan fingerprint density at radius 3 is 2.21 bits per heavy atom. The molecular weight excluding hydrogens is 576 g/mol. The Morgan fingerprint density at radius 1 is 1.07 bits per heavy atom. The molecule has 240 valence electrons. The monoisotopic (exact) mass is 622 g/mol. The van der Waals surface area contributed by atoms with Gasteiger partial charge in [-0.1, -0.05) is 101 Å². The van der Waals surface area contributed by atoms with Gasteiger partial charge in [0.1, 0.15) is 24.2 Å². The third kappa shape index (κ3) is 10.2. The second kappa shape index (κ2) is 18.5. The summed E-state index contributed by atoms with van der Waals surface area (Å²) in [6.45, 7) is 2.93. The van der Waals surface area contributed by atoms with Crippen LogP contribution in [0.1, 0.15) is 103 Å². The van der Waals surface area contributed by atoms with Crippen molar-refractivity contribution in [3.8, 4) is 0 Å². The van der Waals surface area contributed by atoms with Gasteiger partial charge in [0, 0.05) is 12.4 Å². The predicted molar refractivity (Wildman–Crippen MR) is 163 cm³/mol. The highest BCUT2D eigenvalue weighted by molar-refractivity contribution is 8.00. The van der Waals surface area contributed by atoms with Gasteiger partial charge >= 0.3 is 12.0 Å². The number of thioether (sulfide) groups is 1. The van der Waals surface area contributed by atoms with Gasteiger partial charge in [0.05, 0.1) is 6.61 Å². The summed E-state index contributed by atoms with van der Waals surface area (Å²) in [4.78, 5) is 47.5. The van der Waals surface area contributed by atoms with Crippen LogP contribution >= 0.6 is 11.8 Å². The Labute approximate surface area is 257 Å². The molecule has 14 heteroatoms. The zero-order chi connectivity index (χ0) is 31.0. The molecule has 0 aliphatic carbocycles. The number of carbonyl (C=O) groups excluding carboxylic acids is 2. The predicted octanol–water partition coefficient (Wildman–Crippen LogP) is 4.24. The van der Waals surface area contributed by atoms with E-state index in [1.807, 2.05) is 0 Å². The number of aliphatic carboxylic acids is 1. The van der Waals surface area contributed by atoms with Crippen LogP contribution in [0.3, 0.4) is 0 Å². The first-order valence-electron chi connectivity index (χ1n) is 15.4. The molecule has 2 aliphatic rings. The summed E-state index contributed by atoms with van der Waals surface area (Å²) >= 11 is 1.36. The van der Waals surface area contributed by atoms with E-state index in [2.05, 4.69) is 32.1 Å². The van der Waals surface area contributed by atoms with Gasteiger partial charge in [0.15, 0.2) is 0 Å². The number of oxime groups is 1. The molecule has 1 aromatic rings. The largest absolute Gasteiger partial charge is 0.477 e. The second-order valence-corrected chi connectivity index (χ2v) is 12.0. The van der Waals surface area contributed by atoms with Crippen molar-refractivity contribution in [2.45, 2.75) is 108 Å². The molecule has 0 aromatic carbocycles. The molecule has 2 atom stereocenters. The summed E-state index contributed by atoms with van der Waals surface area (Å²) < 4.78 is 10.5. The lowest BCUT2D eigenvalue weighted by molar-refractivity contribution is -0.150. The third-order valence-electron chi connectivity index (χ3n) is 7.51. The van der Waals surface area contributed by atoms with Gasteiger partial charge < -0.3 is 30.3 Å². The smallest absolute Gasteiger partial charge is 0.352 e. The standard InChI is InChI=1S/C29H46N6O7S/c1-3-4-5-6-7-8-9-10-11-12-13-14-15-16-17-41-18-20-19-43-27-22(26(37)35(27)23(20)28(38)39)31-25(36)21(33-40-2)24-32-29(30)42-34-24/h22,27H,3-19H2,1-2H3,(H,31,36)(H,38,39)(H2,30,32,34)/t22-,27+/m1/s1. The Kier molecular flexibility index (Phi) is 14.8. The molecule has 1 saturated heterocycles. The van der Waals surface area contributed by atoms with Gasteiger partial charge in [-0.3, -0.25) is 14.5 Å². The van der Waals surface area contributed by atoms with Crippen LogP contribution in [0.5, 0.6) is 0 Å². The average molecular weight is 623 g/mol. The summed E-state index contributed by atoms with van der Waals surface area (Å²) in [5.74, 6) is -2.38. The van der Waals surface area contributed by atoms with Crippen molar-refractivity contribution in [2.24, 2.45) is 5.16 Å². The maximum Gasteiger partial charge on any atom is 0.352 e. The Bertz CT molecular complexity index is 1120. The second-order valence-electron chi connectivity index (χ2n) is 10.8. The molecule has 0 radical (unpaired) electrons. The molecule has 3 heterocycles. The Morgan fingerprint density at radius 2 is 1.67 bits per heavy atom. The number of nitrogens with one attached hydrogen (secondary N) is 1. The quantitative estimate of drug-likeness (QED) is 0.0728. The van der Waals surface area contributed by atoms with Gasteiger partial charge in [-0.15, -0.1) is 11.8 Å². The van der Waals surface area contributed by atoms with E-state index in [1.54, 1.807) is 0 Å². The van der Waals surface area contributed by atoms with Crippen molar-refractivity contribution in [3.63, 3.8) is 0 Å². The number of hydrogen-bond acceptors (Lipinski definition) is 11. The van der Waals surface area contributed by atoms with Crippen molar-refractivity contribution in [2.75, 3.05) is 31.8 Å². The highest BCUT2D eigenvalue weighted by atomic mass is 32.2. The van der Waals surface area contributed by atoms with E-state index in [0.717, 1.165) is 12.8 Å². The van der Waals surface area contributed by atoms with Crippen molar-refractivity contribution in [1.29, 1.82) is 0 Å². The number of hydrogen-bond donors (Lipinski definition) is 3. The van der Waals surface area contributed by atoms with Gasteiger partial charge in [0.25, 0.3) is 11.8 Å². The van der Waals surface area contributed by atoms with E-state index in [1.165, 1.54) is 101 Å². The van der Waals surface area contributed by atoms with E-state index in [4.69, 9.17) is 15.3 Å². The molecular formula is C29H46N6O7S. The molecule has 2 aliphatic heterocycles. The minimum Gasteiger partial charge on any atom is -0.477 e. The number of carboxylic acid groups (broad SMARTS) is 1. The summed E-state index contributed by atoms with van der Waals surface area (Å²) in [6, 6.07) is -1.23. The lowest BCUT2D eigenvalue weighted by atomic mass is 10.0. The molecule has 13 nitrogen and oxygen atoms in total. The van der Waals surface area contributed by atoms with Crippen molar-refractivity contribution < 1.29 is 33.6 Å². The SMILES string of the molecule is CCCCCCCCCCCCCCCCOCC1=C(C(=O)O)N2C(=O)[C@@H](NC(=O)C(=NOC)c3noc(N)n3)[C@@H]2SC1. The van der Waals surface area contributed by atoms with E-state index in [9.17, 15) is 19.5 Å². The summed E-state index contributed by atoms with van der Waals surface area (Å²) in [7, 11) is 1.23. The zero-order valence-corrected chi connectivity index (χ0v) is 26.2. The lowest BCUT2D eigenvalue weighted by Crippen LogP contribution is -2.71. The van der Waals surface area contributed by atoms with Crippen LogP contribution in [-0.4, -0.2) is 81.1 Å². The molecule has 1 aromatic heterocycles. The molecule has 3 rings (SSSR count). The molecule has 0 spiro atoms. The van der Waals surface area contributed by atoms with Crippen LogP contribution in [0.25, 0.3) is 0 Å². The van der Waals surface area contributed by atoms with E-state index >= 15 is 0 Å². The number of fused-ring (bicyclic) bond motifs is 1. The first-order valence-corrected chi connectivity index (χ1v) is 16.4. The topological polar surface area (TPSA) is 182 Å². The number of nitrogens with zero attached hydrogens (tertiary/aromatic N) is 4. The molecule has 0 bridgehead atoms. The van der Waals surface area contributed by atoms with Crippen molar-refractivity contribution >= 4 is 41.3 Å². The van der Waals surface area contributed by atoms with Gasteiger partial charge in [-0.05, 0) is 12.0 Å². The van der Waals surface area contributed by atoms with Gasteiger partial charge in [-0.25, -0.2) is 4.79 Å². The normalized spacial score (nSPS) is 18.4. The average Bonchev–Trinajstić information content (AvgIpc) is 3.43. The van der Waals surface area contributed by atoms with Crippen LogP contribution in [0.4, 0.5) is 6.01 Å². The maximum atomic E-state index is 13.0. The fourth-order valence-electron chi connectivity index (χ4n) is 5.20. The zero-order valence-electron chi connectivity index (χ0n) is 25.3. The minimum atomic E-state index is -1.21. The highest BCUT2D eigenvalue weighted by Gasteiger charge is 2.54. The first-order chi connectivity index (χ1) is 20.9. The van der Waals surface area contributed by atoms with Crippen molar-refractivity contribution in [3.05, 3.63) is 17.1 Å². The number of unbranched alkanes of at least 4 members (excludes halogenated alkanes) is 13. The van der Waals surface area contributed by atoms with E-state index < -0.39 is 29.2 Å². The molecule has 2 amide bonds. The first kappa shape index (κ1) is 34.4. The Hall–Kier alpha value is -3.13. The molecule has 0 saturated carbocycles.